The first-order chi connectivity index (χ1) is 12.6. The van der Waals surface area contributed by atoms with Crippen LogP contribution < -0.4 is 5.32 Å². The Labute approximate surface area is 153 Å². The molecule has 6 nitrogen and oxygen atoms in total. The van der Waals surface area contributed by atoms with Gasteiger partial charge < -0.3 is 10.2 Å². The first-order valence-electron chi connectivity index (χ1n) is 9.31. The molecule has 3 rings (SSSR count). The van der Waals surface area contributed by atoms with Gasteiger partial charge in [-0.25, -0.2) is 9.07 Å². The second kappa shape index (κ2) is 8.89. The van der Waals surface area contributed by atoms with E-state index in [0.717, 1.165) is 25.2 Å². The smallest absolute Gasteiger partial charge is 0.273 e. The number of hydrogen-bond acceptors (Lipinski definition) is 4. The lowest BCUT2D eigenvalue weighted by Gasteiger charge is -2.19. The summed E-state index contributed by atoms with van der Waals surface area (Å²) in [7, 11) is 0. The summed E-state index contributed by atoms with van der Waals surface area (Å²) in [5, 5.41) is 10.9. The normalized spacial score (nSPS) is 16.8. The minimum Gasteiger partial charge on any atom is -0.349 e. The number of amides is 1. The molecule has 1 amide bonds. The van der Waals surface area contributed by atoms with Crippen molar-refractivity contribution < 1.29 is 9.18 Å². The van der Waals surface area contributed by atoms with Gasteiger partial charge in [0.1, 0.15) is 5.82 Å². The van der Waals surface area contributed by atoms with Crippen LogP contribution in [0.3, 0.4) is 0 Å². The van der Waals surface area contributed by atoms with Crippen molar-refractivity contribution in [3.8, 4) is 0 Å². The highest BCUT2D eigenvalue weighted by Crippen LogP contribution is 2.17. The van der Waals surface area contributed by atoms with E-state index >= 15 is 0 Å². The predicted octanol–water partition coefficient (Wildman–Crippen LogP) is 2.63. The summed E-state index contributed by atoms with van der Waals surface area (Å²) >= 11 is 0. The van der Waals surface area contributed by atoms with Gasteiger partial charge in [0.2, 0.25) is 0 Å². The maximum atomic E-state index is 13.4. The zero-order chi connectivity index (χ0) is 18.4. The van der Waals surface area contributed by atoms with Crippen LogP contribution in [-0.4, -0.2) is 52.0 Å². The Morgan fingerprint density at radius 3 is 2.77 bits per heavy atom. The molecule has 1 atom stereocenters. The average molecular weight is 359 g/mol. The number of rotatable bonds is 6. The molecule has 1 saturated heterocycles. The fourth-order valence-corrected chi connectivity index (χ4v) is 3.27. The van der Waals surface area contributed by atoms with Crippen molar-refractivity contribution in [2.45, 2.75) is 38.6 Å². The van der Waals surface area contributed by atoms with Gasteiger partial charge >= 0.3 is 0 Å². The fourth-order valence-electron chi connectivity index (χ4n) is 3.27. The number of nitrogens with zero attached hydrogens (tertiary/aromatic N) is 4. The van der Waals surface area contributed by atoms with Gasteiger partial charge in [-0.2, -0.15) is 0 Å². The molecule has 1 aliphatic heterocycles. The molecule has 0 aliphatic carbocycles. The van der Waals surface area contributed by atoms with Crippen LogP contribution in [0.2, 0.25) is 0 Å². The van der Waals surface area contributed by atoms with Gasteiger partial charge in [-0.1, -0.05) is 30.2 Å². The number of aromatic nitrogens is 3. The van der Waals surface area contributed by atoms with Gasteiger partial charge in [0.05, 0.1) is 12.2 Å². The van der Waals surface area contributed by atoms with Crippen molar-refractivity contribution >= 4 is 5.91 Å². The molecule has 1 aliphatic rings. The van der Waals surface area contributed by atoms with Gasteiger partial charge in [-0.15, -0.1) is 5.10 Å². The SMILES string of the molecule is C[C@@H](c1cccc(F)c1)n1cc(C(=O)NCCN2CCCCCC2)nn1. The lowest BCUT2D eigenvalue weighted by atomic mass is 10.1. The van der Waals surface area contributed by atoms with E-state index in [4.69, 9.17) is 0 Å². The second-order valence-corrected chi connectivity index (χ2v) is 6.83. The molecule has 1 aromatic carbocycles. The number of halogens is 1. The molecule has 26 heavy (non-hydrogen) atoms. The largest absolute Gasteiger partial charge is 0.349 e. The topological polar surface area (TPSA) is 63.1 Å². The molecule has 2 aromatic rings. The number of benzene rings is 1. The molecule has 1 fully saturated rings. The van der Waals surface area contributed by atoms with Gasteiger partial charge in [-0.3, -0.25) is 4.79 Å². The molecule has 2 heterocycles. The van der Waals surface area contributed by atoms with Crippen molar-refractivity contribution in [3.63, 3.8) is 0 Å². The number of carbonyl (C=O) groups is 1. The predicted molar refractivity (Wildman–Crippen MR) is 97.5 cm³/mol. The standard InChI is InChI=1S/C19H26FN5O/c1-15(16-7-6-8-17(20)13-16)25-14-18(22-23-25)19(26)21-9-12-24-10-4-2-3-5-11-24/h6-8,13-15H,2-5,9-12H2,1H3,(H,21,26)/t15-/m0/s1. The van der Waals surface area contributed by atoms with Crippen LogP contribution in [0.4, 0.5) is 4.39 Å². The number of carbonyl (C=O) groups excluding carboxylic acids is 1. The third-order valence-electron chi connectivity index (χ3n) is 4.88. The van der Waals surface area contributed by atoms with Crippen molar-refractivity contribution in [1.82, 2.24) is 25.2 Å². The molecule has 0 unspecified atom stereocenters. The summed E-state index contributed by atoms with van der Waals surface area (Å²) < 4.78 is 15.0. The van der Waals surface area contributed by atoms with E-state index in [0.29, 0.717) is 6.54 Å². The molecule has 0 saturated carbocycles. The fraction of sp³-hybridized carbons (Fsp3) is 0.526. The van der Waals surface area contributed by atoms with E-state index in [1.165, 1.54) is 37.8 Å². The quantitative estimate of drug-likeness (QED) is 0.861. The third kappa shape index (κ3) is 4.88. The molecular formula is C19H26FN5O. The van der Waals surface area contributed by atoms with Gasteiger partial charge in [0, 0.05) is 13.1 Å². The Kier molecular flexibility index (Phi) is 6.33. The van der Waals surface area contributed by atoms with E-state index in [1.54, 1.807) is 16.9 Å². The number of hydrogen-bond donors (Lipinski definition) is 1. The molecule has 0 radical (unpaired) electrons. The van der Waals surface area contributed by atoms with Crippen LogP contribution in [0.1, 0.15) is 54.7 Å². The molecule has 0 bridgehead atoms. The summed E-state index contributed by atoms with van der Waals surface area (Å²) in [6, 6.07) is 6.16. The van der Waals surface area contributed by atoms with Crippen LogP contribution in [0.15, 0.2) is 30.5 Å². The van der Waals surface area contributed by atoms with Crippen molar-refractivity contribution in [2.75, 3.05) is 26.2 Å². The highest BCUT2D eigenvalue weighted by atomic mass is 19.1. The Morgan fingerprint density at radius 1 is 1.27 bits per heavy atom. The lowest BCUT2D eigenvalue weighted by Crippen LogP contribution is -2.35. The number of likely N-dealkylation sites (tertiary alicyclic amines) is 1. The maximum absolute atomic E-state index is 13.4. The zero-order valence-corrected chi connectivity index (χ0v) is 15.2. The van der Waals surface area contributed by atoms with Crippen molar-refractivity contribution in [3.05, 3.63) is 47.5 Å². The van der Waals surface area contributed by atoms with E-state index < -0.39 is 0 Å². The van der Waals surface area contributed by atoms with E-state index in [9.17, 15) is 9.18 Å². The molecule has 1 aromatic heterocycles. The van der Waals surface area contributed by atoms with Crippen molar-refractivity contribution in [2.24, 2.45) is 0 Å². The highest BCUT2D eigenvalue weighted by molar-refractivity contribution is 5.91. The molecular weight excluding hydrogens is 333 g/mol. The molecule has 1 N–H and O–H groups in total. The number of nitrogens with one attached hydrogen (secondary N) is 1. The van der Waals surface area contributed by atoms with Crippen molar-refractivity contribution in [1.29, 1.82) is 0 Å². The van der Waals surface area contributed by atoms with Crippen LogP contribution in [-0.2, 0) is 0 Å². The first kappa shape index (κ1) is 18.5. The Balaban J connectivity index is 1.52. The third-order valence-corrected chi connectivity index (χ3v) is 4.88. The van der Waals surface area contributed by atoms with Gasteiger partial charge in [0.15, 0.2) is 5.69 Å². The van der Waals surface area contributed by atoms with Gasteiger partial charge in [0.25, 0.3) is 5.91 Å². The van der Waals surface area contributed by atoms with E-state index in [1.807, 2.05) is 13.0 Å². The Hall–Kier alpha value is -2.28. The van der Waals surface area contributed by atoms with Crippen LogP contribution in [0, 0.1) is 5.82 Å². The summed E-state index contributed by atoms with van der Waals surface area (Å²) in [5.41, 5.74) is 1.06. The summed E-state index contributed by atoms with van der Waals surface area (Å²) in [6.07, 6.45) is 6.68. The van der Waals surface area contributed by atoms with E-state index in [-0.39, 0.29) is 23.5 Å². The van der Waals surface area contributed by atoms with Crippen LogP contribution in [0.25, 0.3) is 0 Å². The zero-order valence-electron chi connectivity index (χ0n) is 15.2. The lowest BCUT2D eigenvalue weighted by molar-refractivity contribution is 0.0943. The first-order valence-corrected chi connectivity index (χ1v) is 9.31. The minimum atomic E-state index is -0.291. The van der Waals surface area contributed by atoms with E-state index in [2.05, 4.69) is 20.5 Å². The molecule has 0 spiro atoms. The monoisotopic (exact) mass is 359 g/mol. The minimum absolute atomic E-state index is 0.197. The van der Waals surface area contributed by atoms with Gasteiger partial charge in [-0.05, 0) is 50.6 Å². The van der Waals surface area contributed by atoms with Crippen LogP contribution in [0.5, 0.6) is 0 Å². The summed E-state index contributed by atoms with van der Waals surface area (Å²) in [5.74, 6) is -0.515. The molecule has 7 heteroatoms. The summed E-state index contributed by atoms with van der Waals surface area (Å²) in [4.78, 5) is 14.7. The Morgan fingerprint density at radius 2 is 2.04 bits per heavy atom. The molecule has 140 valence electrons. The second-order valence-electron chi connectivity index (χ2n) is 6.83. The maximum Gasteiger partial charge on any atom is 0.273 e. The highest BCUT2D eigenvalue weighted by Gasteiger charge is 2.16. The van der Waals surface area contributed by atoms with Crippen LogP contribution >= 0.6 is 0 Å². The summed E-state index contributed by atoms with van der Waals surface area (Å²) in [6.45, 7) is 5.57. The average Bonchev–Trinajstić information content (AvgIpc) is 2.99. The Bertz CT molecular complexity index is 724.